The molecule has 0 unspecified atom stereocenters. The van der Waals surface area contributed by atoms with Crippen molar-refractivity contribution in [2.24, 2.45) is 0 Å². The van der Waals surface area contributed by atoms with E-state index in [1.807, 2.05) is 12.1 Å². The molecule has 0 fully saturated rings. The third-order valence-electron chi connectivity index (χ3n) is 2.11. The molecule has 0 atom stereocenters. The fraction of sp³-hybridized carbons (Fsp3) is 0.364. The SMILES string of the molecule is COc1ccc2sc(C(C)C)nc2c1. The summed E-state index contributed by atoms with van der Waals surface area (Å²) in [6, 6.07) is 6.03. The van der Waals surface area contributed by atoms with Gasteiger partial charge in [0.25, 0.3) is 0 Å². The number of fused-ring (bicyclic) bond motifs is 1. The lowest BCUT2D eigenvalue weighted by Gasteiger charge is -1.96. The zero-order chi connectivity index (χ0) is 10.1. The van der Waals surface area contributed by atoms with Gasteiger partial charge in [-0.15, -0.1) is 11.3 Å². The van der Waals surface area contributed by atoms with Gasteiger partial charge in [0.15, 0.2) is 0 Å². The van der Waals surface area contributed by atoms with Gasteiger partial charge in [0.05, 0.1) is 22.3 Å². The van der Waals surface area contributed by atoms with Gasteiger partial charge in [-0.2, -0.15) is 0 Å². The third-order valence-corrected chi connectivity index (χ3v) is 3.44. The van der Waals surface area contributed by atoms with Crippen LogP contribution in [0.15, 0.2) is 18.2 Å². The van der Waals surface area contributed by atoms with E-state index in [-0.39, 0.29) is 0 Å². The molecule has 1 aromatic carbocycles. The van der Waals surface area contributed by atoms with Crippen LogP contribution >= 0.6 is 11.3 Å². The van der Waals surface area contributed by atoms with Gasteiger partial charge >= 0.3 is 0 Å². The lowest BCUT2D eigenvalue weighted by atomic mass is 10.2. The predicted molar refractivity (Wildman–Crippen MR) is 60.3 cm³/mol. The van der Waals surface area contributed by atoms with Gasteiger partial charge in [0.1, 0.15) is 5.75 Å². The maximum Gasteiger partial charge on any atom is 0.121 e. The van der Waals surface area contributed by atoms with E-state index in [4.69, 9.17) is 4.74 Å². The maximum absolute atomic E-state index is 5.16. The van der Waals surface area contributed by atoms with Gasteiger partial charge in [0.2, 0.25) is 0 Å². The molecule has 0 radical (unpaired) electrons. The molecule has 0 amide bonds. The molecule has 2 rings (SSSR count). The highest BCUT2D eigenvalue weighted by Gasteiger charge is 2.07. The van der Waals surface area contributed by atoms with Gasteiger partial charge in [-0.1, -0.05) is 13.8 Å². The second-order valence-corrected chi connectivity index (χ2v) is 4.60. The first-order chi connectivity index (χ1) is 6.70. The Labute approximate surface area is 87.5 Å². The van der Waals surface area contributed by atoms with Gasteiger partial charge in [-0.05, 0) is 12.1 Å². The molecule has 0 aliphatic rings. The van der Waals surface area contributed by atoms with Crippen LogP contribution in [0, 0.1) is 0 Å². The number of benzene rings is 1. The monoisotopic (exact) mass is 207 g/mol. The summed E-state index contributed by atoms with van der Waals surface area (Å²) in [4.78, 5) is 4.56. The minimum atomic E-state index is 0.499. The Bertz CT molecular complexity index is 447. The minimum Gasteiger partial charge on any atom is -0.497 e. The van der Waals surface area contributed by atoms with Crippen molar-refractivity contribution in [2.45, 2.75) is 19.8 Å². The molecule has 14 heavy (non-hydrogen) atoms. The number of nitrogens with zero attached hydrogens (tertiary/aromatic N) is 1. The minimum absolute atomic E-state index is 0.499. The lowest BCUT2D eigenvalue weighted by Crippen LogP contribution is -1.84. The largest absolute Gasteiger partial charge is 0.497 e. The first kappa shape index (κ1) is 9.46. The summed E-state index contributed by atoms with van der Waals surface area (Å²) >= 11 is 1.76. The molecule has 0 N–H and O–H groups in total. The molecular formula is C11H13NOS. The lowest BCUT2D eigenvalue weighted by molar-refractivity contribution is 0.415. The number of ether oxygens (including phenoxy) is 1. The molecule has 0 saturated heterocycles. The molecule has 0 aliphatic heterocycles. The Morgan fingerprint density at radius 2 is 2.14 bits per heavy atom. The second-order valence-electron chi connectivity index (χ2n) is 3.54. The zero-order valence-corrected chi connectivity index (χ0v) is 9.39. The Balaban J connectivity index is 2.54. The molecule has 74 valence electrons. The van der Waals surface area contributed by atoms with Crippen LogP contribution < -0.4 is 4.74 Å². The van der Waals surface area contributed by atoms with Crippen LogP contribution in [0.4, 0.5) is 0 Å². The number of rotatable bonds is 2. The fourth-order valence-corrected chi connectivity index (χ4v) is 2.25. The quantitative estimate of drug-likeness (QED) is 0.752. The first-order valence-electron chi connectivity index (χ1n) is 4.65. The van der Waals surface area contributed by atoms with Crippen LogP contribution in [0.1, 0.15) is 24.8 Å². The van der Waals surface area contributed by atoms with Gasteiger partial charge in [-0.25, -0.2) is 4.98 Å². The molecule has 2 aromatic rings. The summed E-state index contributed by atoms with van der Waals surface area (Å²) in [6.45, 7) is 4.32. The van der Waals surface area contributed by atoms with Crippen molar-refractivity contribution in [3.05, 3.63) is 23.2 Å². The topological polar surface area (TPSA) is 22.1 Å². The van der Waals surface area contributed by atoms with Gasteiger partial charge in [-0.3, -0.25) is 0 Å². The summed E-state index contributed by atoms with van der Waals surface area (Å²) in [7, 11) is 1.68. The standard InChI is InChI=1S/C11H13NOS/c1-7(2)11-12-9-6-8(13-3)4-5-10(9)14-11/h4-7H,1-3H3. The average molecular weight is 207 g/mol. The van der Waals surface area contributed by atoms with E-state index in [0.29, 0.717) is 5.92 Å². The third kappa shape index (κ3) is 1.60. The van der Waals surface area contributed by atoms with E-state index in [1.165, 1.54) is 9.71 Å². The second kappa shape index (κ2) is 3.58. The molecule has 1 heterocycles. The summed E-state index contributed by atoms with van der Waals surface area (Å²) in [5.41, 5.74) is 1.04. The molecular weight excluding hydrogens is 194 g/mol. The maximum atomic E-state index is 5.16. The summed E-state index contributed by atoms with van der Waals surface area (Å²) in [6.07, 6.45) is 0. The smallest absolute Gasteiger partial charge is 0.121 e. The predicted octanol–water partition coefficient (Wildman–Crippen LogP) is 3.43. The van der Waals surface area contributed by atoms with E-state index in [0.717, 1.165) is 11.3 Å². The Morgan fingerprint density at radius 1 is 1.36 bits per heavy atom. The van der Waals surface area contributed by atoms with Crippen molar-refractivity contribution in [1.82, 2.24) is 4.98 Å². The average Bonchev–Trinajstić information content (AvgIpc) is 2.59. The fourth-order valence-electron chi connectivity index (χ4n) is 1.30. The summed E-state index contributed by atoms with van der Waals surface area (Å²) < 4.78 is 6.39. The highest BCUT2D eigenvalue weighted by Crippen LogP contribution is 2.29. The van der Waals surface area contributed by atoms with E-state index in [1.54, 1.807) is 18.4 Å². The van der Waals surface area contributed by atoms with Crippen molar-refractivity contribution < 1.29 is 4.74 Å². The highest BCUT2D eigenvalue weighted by molar-refractivity contribution is 7.18. The van der Waals surface area contributed by atoms with Crippen molar-refractivity contribution in [3.8, 4) is 5.75 Å². The van der Waals surface area contributed by atoms with Gasteiger partial charge < -0.3 is 4.74 Å². The number of thiazole rings is 1. The van der Waals surface area contributed by atoms with Gasteiger partial charge in [0, 0.05) is 12.0 Å². The Morgan fingerprint density at radius 3 is 2.79 bits per heavy atom. The molecule has 3 heteroatoms. The first-order valence-corrected chi connectivity index (χ1v) is 5.47. The van der Waals surface area contributed by atoms with Crippen LogP contribution in [-0.2, 0) is 0 Å². The molecule has 0 bridgehead atoms. The van der Waals surface area contributed by atoms with E-state index < -0.39 is 0 Å². The Kier molecular flexibility index (Phi) is 2.42. The highest BCUT2D eigenvalue weighted by atomic mass is 32.1. The number of hydrogen-bond donors (Lipinski definition) is 0. The number of hydrogen-bond acceptors (Lipinski definition) is 3. The van der Waals surface area contributed by atoms with E-state index >= 15 is 0 Å². The normalized spacial score (nSPS) is 11.1. The van der Waals surface area contributed by atoms with Crippen LogP contribution in [0.25, 0.3) is 10.2 Å². The zero-order valence-electron chi connectivity index (χ0n) is 8.57. The van der Waals surface area contributed by atoms with Crippen LogP contribution in [0.2, 0.25) is 0 Å². The number of aromatic nitrogens is 1. The summed E-state index contributed by atoms with van der Waals surface area (Å²) in [5, 5.41) is 1.19. The van der Waals surface area contributed by atoms with Crippen LogP contribution in [0.5, 0.6) is 5.75 Å². The molecule has 1 aromatic heterocycles. The van der Waals surface area contributed by atoms with Crippen molar-refractivity contribution >= 4 is 21.6 Å². The van der Waals surface area contributed by atoms with Crippen molar-refractivity contribution in [3.63, 3.8) is 0 Å². The van der Waals surface area contributed by atoms with Crippen molar-refractivity contribution in [2.75, 3.05) is 7.11 Å². The molecule has 0 spiro atoms. The number of methoxy groups -OCH3 is 1. The van der Waals surface area contributed by atoms with Crippen LogP contribution in [-0.4, -0.2) is 12.1 Å². The Hall–Kier alpha value is -1.09. The molecule has 2 nitrogen and oxygen atoms in total. The summed E-state index contributed by atoms with van der Waals surface area (Å²) in [5.74, 6) is 1.37. The molecule has 0 saturated carbocycles. The van der Waals surface area contributed by atoms with E-state index in [2.05, 4.69) is 24.9 Å². The molecule has 0 aliphatic carbocycles. The van der Waals surface area contributed by atoms with Crippen LogP contribution in [0.3, 0.4) is 0 Å². The van der Waals surface area contributed by atoms with E-state index in [9.17, 15) is 0 Å². The van der Waals surface area contributed by atoms with Crippen molar-refractivity contribution in [1.29, 1.82) is 0 Å².